The summed E-state index contributed by atoms with van der Waals surface area (Å²) in [4.78, 5) is 0. The molecule has 0 aromatic heterocycles. The Labute approximate surface area is 119 Å². The number of hydrogen-bond acceptors (Lipinski definition) is 2. The Balaban J connectivity index is 1.72. The minimum Gasteiger partial charge on any atom is -0.380 e. The number of benzene rings is 1. The second-order valence-corrected chi connectivity index (χ2v) is 5.70. The van der Waals surface area contributed by atoms with Gasteiger partial charge in [-0.3, -0.25) is 0 Å². The fourth-order valence-electron chi connectivity index (χ4n) is 1.84. The average molecular weight is 288 g/mol. The van der Waals surface area contributed by atoms with E-state index >= 15 is 0 Å². The van der Waals surface area contributed by atoms with E-state index in [-0.39, 0.29) is 6.04 Å². The predicted molar refractivity (Wildman–Crippen MR) is 76.4 cm³/mol. The Hall–Kier alpha value is -0.280. The summed E-state index contributed by atoms with van der Waals surface area (Å²) in [6, 6.07) is 5.73. The highest BCUT2D eigenvalue weighted by Crippen LogP contribution is 2.28. The van der Waals surface area contributed by atoms with Crippen molar-refractivity contribution in [3.63, 3.8) is 0 Å². The molecule has 18 heavy (non-hydrogen) atoms. The third-order valence-electron chi connectivity index (χ3n) is 3.17. The van der Waals surface area contributed by atoms with Gasteiger partial charge in [-0.25, -0.2) is 0 Å². The molecule has 4 heteroatoms. The minimum atomic E-state index is 0.181. The van der Waals surface area contributed by atoms with E-state index in [1.165, 1.54) is 12.8 Å². The fourth-order valence-corrected chi connectivity index (χ4v) is 2.30. The summed E-state index contributed by atoms with van der Waals surface area (Å²) in [5.41, 5.74) is 1.03. The molecular weight excluding hydrogens is 269 g/mol. The van der Waals surface area contributed by atoms with Crippen LogP contribution in [0.1, 0.15) is 31.4 Å². The van der Waals surface area contributed by atoms with Crippen LogP contribution in [-0.2, 0) is 4.74 Å². The third kappa shape index (κ3) is 4.43. The number of hydrogen-bond donors (Lipinski definition) is 1. The van der Waals surface area contributed by atoms with Crippen molar-refractivity contribution in [2.24, 2.45) is 5.92 Å². The Bertz CT molecular complexity index is 393. The molecule has 2 rings (SSSR count). The quantitative estimate of drug-likeness (QED) is 0.764. The van der Waals surface area contributed by atoms with Crippen LogP contribution in [0.2, 0.25) is 10.0 Å². The summed E-state index contributed by atoms with van der Waals surface area (Å²) in [7, 11) is 0. The Morgan fingerprint density at radius 3 is 2.89 bits per heavy atom. The molecule has 0 radical (unpaired) electrons. The van der Waals surface area contributed by atoms with Crippen LogP contribution in [-0.4, -0.2) is 19.8 Å². The topological polar surface area (TPSA) is 21.3 Å². The van der Waals surface area contributed by atoms with Gasteiger partial charge in [-0.1, -0.05) is 23.2 Å². The summed E-state index contributed by atoms with van der Waals surface area (Å²) in [5.74, 6) is 0.824. The van der Waals surface area contributed by atoms with Crippen molar-refractivity contribution in [1.29, 1.82) is 0 Å². The molecule has 0 saturated heterocycles. The van der Waals surface area contributed by atoms with Crippen molar-refractivity contribution < 1.29 is 4.74 Å². The van der Waals surface area contributed by atoms with Crippen LogP contribution >= 0.6 is 23.2 Å². The second-order valence-electron chi connectivity index (χ2n) is 4.86. The maximum atomic E-state index is 6.15. The van der Waals surface area contributed by atoms with Gasteiger partial charge in [0.05, 0.1) is 6.61 Å². The van der Waals surface area contributed by atoms with E-state index in [9.17, 15) is 0 Å². The van der Waals surface area contributed by atoms with Crippen molar-refractivity contribution in [3.05, 3.63) is 33.8 Å². The third-order valence-corrected chi connectivity index (χ3v) is 3.75. The van der Waals surface area contributed by atoms with Crippen LogP contribution in [0.15, 0.2) is 18.2 Å². The molecule has 1 aromatic carbocycles. The molecule has 1 saturated carbocycles. The zero-order valence-electron chi connectivity index (χ0n) is 10.6. The van der Waals surface area contributed by atoms with Gasteiger partial charge in [-0.05, 0) is 49.4 Å². The molecule has 1 fully saturated rings. The molecule has 2 nitrogen and oxygen atoms in total. The number of nitrogens with one attached hydrogen (secondary N) is 1. The first-order valence-corrected chi connectivity index (χ1v) is 7.18. The van der Waals surface area contributed by atoms with Gasteiger partial charge in [-0.2, -0.15) is 0 Å². The zero-order chi connectivity index (χ0) is 13.0. The SMILES string of the molecule is CC(NCCOCC1CC1)c1cc(Cl)ccc1Cl. The lowest BCUT2D eigenvalue weighted by Gasteiger charge is -2.16. The molecule has 1 N–H and O–H groups in total. The van der Waals surface area contributed by atoms with E-state index in [2.05, 4.69) is 12.2 Å². The van der Waals surface area contributed by atoms with E-state index in [1.54, 1.807) is 6.07 Å². The standard InChI is InChI=1S/C14H19Cl2NO/c1-10(13-8-12(15)4-5-14(13)16)17-6-7-18-9-11-2-3-11/h4-5,8,10-11,17H,2-3,6-7,9H2,1H3. The number of ether oxygens (including phenoxy) is 1. The van der Waals surface area contributed by atoms with Crippen molar-refractivity contribution in [3.8, 4) is 0 Å². The molecule has 1 atom stereocenters. The molecule has 100 valence electrons. The normalized spacial score (nSPS) is 16.8. The largest absolute Gasteiger partial charge is 0.380 e. The fraction of sp³-hybridized carbons (Fsp3) is 0.571. The van der Waals surface area contributed by atoms with Crippen molar-refractivity contribution >= 4 is 23.2 Å². The zero-order valence-corrected chi connectivity index (χ0v) is 12.1. The Morgan fingerprint density at radius 2 is 2.17 bits per heavy atom. The lowest BCUT2D eigenvalue weighted by molar-refractivity contribution is 0.124. The highest BCUT2D eigenvalue weighted by molar-refractivity contribution is 6.33. The molecule has 0 heterocycles. The van der Waals surface area contributed by atoms with Crippen LogP contribution in [0.5, 0.6) is 0 Å². The lowest BCUT2D eigenvalue weighted by atomic mass is 10.1. The maximum absolute atomic E-state index is 6.15. The Kier molecular flexibility index (Phi) is 5.31. The van der Waals surface area contributed by atoms with E-state index in [0.717, 1.165) is 36.3 Å². The smallest absolute Gasteiger partial charge is 0.0591 e. The Morgan fingerprint density at radius 1 is 1.39 bits per heavy atom. The van der Waals surface area contributed by atoms with Gasteiger partial charge in [0.25, 0.3) is 0 Å². The van der Waals surface area contributed by atoms with Gasteiger partial charge in [0.15, 0.2) is 0 Å². The molecule has 1 aromatic rings. The monoisotopic (exact) mass is 287 g/mol. The van der Waals surface area contributed by atoms with E-state index in [1.807, 2.05) is 12.1 Å². The molecule has 0 amide bonds. The van der Waals surface area contributed by atoms with Crippen LogP contribution in [0.25, 0.3) is 0 Å². The number of rotatable bonds is 7. The lowest BCUT2D eigenvalue weighted by Crippen LogP contribution is -2.23. The van der Waals surface area contributed by atoms with E-state index < -0.39 is 0 Å². The van der Waals surface area contributed by atoms with Gasteiger partial charge in [0.1, 0.15) is 0 Å². The first-order chi connectivity index (χ1) is 8.66. The summed E-state index contributed by atoms with van der Waals surface area (Å²) < 4.78 is 5.58. The first kappa shape index (κ1) is 14.1. The maximum Gasteiger partial charge on any atom is 0.0591 e. The second kappa shape index (κ2) is 6.76. The summed E-state index contributed by atoms with van der Waals surface area (Å²) in [6.45, 7) is 4.57. The summed E-state index contributed by atoms with van der Waals surface area (Å²) in [6.07, 6.45) is 2.67. The molecule has 0 spiro atoms. The highest BCUT2D eigenvalue weighted by Gasteiger charge is 2.20. The summed E-state index contributed by atoms with van der Waals surface area (Å²) in [5, 5.41) is 4.86. The highest BCUT2D eigenvalue weighted by atomic mass is 35.5. The molecule has 0 bridgehead atoms. The minimum absolute atomic E-state index is 0.181. The average Bonchev–Trinajstić information content (AvgIpc) is 3.15. The predicted octanol–water partition coefficient (Wildman–Crippen LogP) is 4.07. The first-order valence-electron chi connectivity index (χ1n) is 6.43. The van der Waals surface area contributed by atoms with Gasteiger partial charge >= 0.3 is 0 Å². The molecule has 1 aliphatic rings. The van der Waals surface area contributed by atoms with Crippen molar-refractivity contribution in [1.82, 2.24) is 5.32 Å². The van der Waals surface area contributed by atoms with E-state index in [4.69, 9.17) is 27.9 Å². The van der Waals surface area contributed by atoms with Crippen LogP contribution in [0.3, 0.4) is 0 Å². The van der Waals surface area contributed by atoms with Crippen LogP contribution in [0.4, 0.5) is 0 Å². The molecular formula is C14H19Cl2NO. The molecule has 1 aliphatic carbocycles. The van der Waals surface area contributed by atoms with Gasteiger partial charge in [-0.15, -0.1) is 0 Å². The van der Waals surface area contributed by atoms with Gasteiger partial charge < -0.3 is 10.1 Å². The molecule has 0 aliphatic heterocycles. The van der Waals surface area contributed by atoms with Crippen molar-refractivity contribution in [2.75, 3.05) is 19.8 Å². The van der Waals surface area contributed by atoms with Gasteiger partial charge in [0.2, 0.25) is 0 Å². The number of halogens is 2. The van der Waals surface area contributed by atoms with Crippen molar-refractivity contribution in [2.45, 2.75) is 25.8 Å². The van der Waals surface area contributed by atoms with Gasteiger partial charge in [0, 0.05) is 29.2 Å². The van der Waals surface area contributed by atoms with E-state index in [0.29, 0.717) is 5.02 Å². The summed E-state index contributed by atoms with van der Waals surface area (Å²) >= 11 is 12.1. The van der Waals surface area contributed by atoms with Crippen LogP contribution < -0.4 is 5.32 Å². The van der Waals surface area contributed by atoms with Crippen LogP contribution in [0, 0.1) is 5.92 Å². The molecule has 1 unspecified atom stereocenters.